The minimum atomic E-state index is -0.408. The Labute approximate surface area is 108 Å². The van der Waals surface area contributed by atoms with Crippen LogP contribution in [0.5, 0.6) is 0 Å². The number of likely N-dealkylation sites (tertiary alicyclic amines) is 1. The molecule has 18 heavy (non-hydrogen) atoms. The maximum absolute atomic E-state index is 12.0. The lowest BCUT2D eigenvalue weighted by atomic mass is 9.89. The Kier molecular flexibility index (Phi) is 3.90. The minimum absolute atomic E-state index is 0.0360. The molecule has 2 amide bonds. The van der Waals surface area contributed by atoms with Crippen LogP contribution < -0.4 is 10.6 Å². The SMILES string of the molecule is CNC(=O)C1(C)CCN(C(=O)CCNC2CC2)C1. The molecule has 2 rings (SSSR count). The average Bonchev–Trinajstić information content (AvgIpc) is 3.09. The van der Waals surface area contributed by atoms with E-state index in [-0.39, 0.29) is 11.8 Å². The molecular formula is C13H23N3O2. The zero-order valence-corrected chi connectivity index (χ0v) is 11.3. The van der Waals surface area contributed by atoms with Crippen LogP contribution in [0.3, 0.4) is 0 Å². The van der Waals surface area contributed by atoms with Crippen molar-refractivity contribution in [2.45, 2.75) is 38.6 Å². The first-order chi connectivity index (χ1) is 8.55. The Bertz CT molecular complexity index is 341. The van der Waals surface area contributed by atoms with E-state index < -0.39 is 5.41 Å². The maximum atomic E-state index is 12.0. The van der Waals surface area contributed by atoms with Gasteiger partial charge in [-0.15, -0.1) is 0 Å². The van der Waals surface area contributed by atoms with Gasteiger partial charge in [0.25, 0.3) is 0 Å². The van der Waals surface area contributed by atoms with Gasteiger partial charge in [-0.2, -0.15) is 0 Å². The van der Waals surface area contributed by atoms with Crippen LogP contribution in [0.25, 0.3) is 0 Å². The first-order valence-corrected chi connectivity index (χ1v) is 6.78. The largest absolute Gasteiger partial charge is 0.359 e. The molecule has 1 atom stereocenters. The van der Waals surface area contributed by atoms with E-state index >= 15 is 0 Å². The first-order valence-electron chi connectivity index (χ1n) is 6.78. The van der Waals surface area contributed by atoms with Crippen LogP contribution in [0.1, 0.15) is 32.6 Å². The van der Waals surface area contributed by atoms with Crippen LogP contribution >= 0.6 is 0 Å². The van der Waals surface area contributed by atoms with E-state index in [2.05, 4.69) is 10.6 Å². The third-order valence-corrected chi connectivity index (χ3v) is 3.95. The Morgan fingerprint density at radius 3 is 2.72 bits per heavy atom. The number of hydrogen-bond donors (Lipinski definition) is 2. The Morgan fingerprint density at radius 2 is 2.11 bits per heavy atom. The summed E-state index contributed by atoms with van der Waals surface area (Å²) in [5.74, 6) is 0.199. The Balaban J connectivity index is 1.76. The molecule has 0 aromatic carbocycles. The van der Waals surface area contributed by atoms with Gasteiger partial charge < -0.3 is 15.5 Å². The first kappa shape index (κ1) is 13.3. The fourth-order valence-electron chi connectivity index (χ4n) is 2.49. The van der Waals surface area contributed by atoms with Crippen LogP contribution in [-0.4, -0.2) is 49.4 Å². The van der Waals surface area contributed by atoms with Gasteiger partial charge in [-0.05, 0) is 26.2 Å². The minimum Gasteiger partial charge on any atom is -0.359 e. The summed E-state index contributed by atoms with van der Waals surface area (Å²) >= 11 is 0. The quantitative estimate of drug-likeness (QED) is 0.731. The molecule has 5 nitrogen and oxygen atoms in total. The Morgan fingerprint density at radius 1 is 1.39 bits per heavy atom. The molecule has 1 saturated heterocycles. The second kappa shape index (κ2) is 5.26. The molecule has 2 aliphatic rings. The van der Waals surface area contributed by atoms with Gasteiger partial charge in [-0.25, -0.2) is 0 Å². The summed E-state index contributed by atoms with van der Waals surface area (Å²) in [7, 11) is 1.65. The molecule has 0 aromatic rings. The fourth-order valence-corrected chi connectivity index (χ4v) is 2.49. The Hall–Kier alpha value is -1.10. The molecule has 1 aliphatic carbocycles. The van der Waals surface area contributed by atoms with Crippen molar-refractivity contribution in [3.05, 3.63) is 0 Å². The monoisotopic (exact) mass is 253 g/mol. The van der Waals surface area contributed by atoms with Crippen LogP contribution in [0.2, 0.25) is 0 Å². The highest BCUT2D eigenvalue weighted by Gasteiger charge is 2.41. The average molecular weight is 253 g/mol. The van der Waals surface area contributed by atoms with Gasteiger partial charge in [0.15, 0.2) is 0 Å². The summed E-state index contributed by atoms with van der Waals surface area (Å²) in [6.07, 6.45) is 3.79. The number of hydrogen-bond acceptors (Lipinski definition) is 3. The zero-order chi connectivity index (χ0) is 13.2. The van der Waals surface area contributed by atoms with E-state index in [4.69, 9.17) is 0 Å². The molecule has 0 spiro atoms. The van der Waals surface area contributed by atoms with Crippen molar-refractivity contribution in [3.63, 3.8) is 0 Å². The molecule has 1 aliphatic heterocycles. The molecule has 5 heteroatoms. The predicted molar refractivity (Wildman–Crippen MR) is 69.0 cm³/mol. The molecule has 1 saturated carbocycles. The van der Waals surface area contributed by atoms with Crippen LogP contribution in [-0.2, 0) is 9.59 Å². The van der Waals surface area contributed by atoms with Gasteiger partial charge in [-0.1, -0.05) is 0 Å². The van der Waals surface area contributed by atoms with Crippen molar-refractivity contribution in [2.24, 2.45) is 5.41 Å². The van der Waals surface area contributed by atoms with Crippen molar-refractivity contribution in [3.8, 4) is 0 Å². The van der Waals surface area contributed by atoms with Gasteiger partial charge in [0.1, 0.15) is 0 Å². The highest BCUT2D eigenvalue weighted by Crippen LogP contribution is 2.30. The summed E-state index contributed by atoms with van der Waals surface area (Å²) in [6.45, 7) is 3.94. The van der Waals surface area contributed by atoms with Gasteiger partial charge in [-0.3, -0.25) is 9.59 Å². The van der Waals surface area contributed by atoms with Crippen molar-refractivity contribution in [2.75, 3.05) is 26.7 Å². The summed E-state index contributed by atoms with van der Waals surface area (Å²) < 4.78 is 0. The summed E-state index contributed by atoms with van der Waals surface area (Å²) in [4.78, 5) is 25.6. The second-order valence-corrected chi connectivity index (χ2v) is 5.68. The van der Waals surface area contributed by atoms with Crippen molar-refractivity contribution >= 4 is 11.8 Å². The van der Waals surface area contributed by atoms with Gasteiger partial charge >= 0.3 is 0 Å². The third-order valence-electron chi connectivity index (χ3n) is 3.95. The molecule has 2 N–H and O–H groups in total. The molecule has 0 aromatic heterocycles. The van der Waals surface area contributed by atoms with Crippen molar-refractivity contribution < 1.29 is 9.59 Å². The van der Waals surface area contributed by atoms with Crippen LogP contribution in [0, 0.1) is 5.41 Å². The van der Waals surface area contributed by atoms with E-state index in [1.807, 2.05) is 11.8 Å². The number of carbonyl (C=O) groups is 2. The van der Waals surface area contributed by atoms with E-state index in [1.54, 1.807) is 7.05 Å². The van der Waals surface area contributed by atoms with Crippen LogP contribution in [0.15, 0.2) is 0 Å². The highest BCUT2D eigenvalue weighted by atomic mass is 16.2. The summed E-state index contributed by atoms with van der Waals surface area (Å²) in [5, 5.41) is 6.02. The molecule has 1 unspecified atom stereocenters. The second-order valence-electron chi connectivity index (χ2n) is 5.68. The van der Waals surface area contributed by atoms with Crippen molar-refractivity contribution in [1.82, 2.24) is 15.5 Å². The zero-order valence-electron chi connectivity index (χ0n) is 11.3. The number of carbonyl (C=O) groups excluding carboxylic acids is 2. The summed E-state index contributed by atoms with van der Waals surface area (Å²) in [6, 6.07) is 0.646. The lowest BCUT2D eigenvalue weighted by Crippen LogP contribution is -2.40. The number of rotatable bonds is 5. The fraction of sp³-hybridized carbons (Fsp3) is 0.846. The molecular weight excluding hydrogens is 230 g/mol. The van der Waals surface area contributed by atoms with Gasteiger partial charge in [0.2, 0.25) is 11.8 Å². The van der Waals surface area contributed by atoms with E-state index in [9.17, 15) is 9.59 Å². The standard InChI is InChI=1S/C13H23N3O2/c1-13(12(18)14-2)6-8-16(9-13)11(17)5-7-15-10-3-4-10/h10,15H,3-9H2,1-2H3,(H,14,18). The number of nitrogens with one attached hydrogen (secondary N) is 2. The van der Waals surface area contributed by atoms with Crippen molar-refractivity contribution in [1.29, 1.82) is 0 Å². The topological polar surface area (TPSA) is 61.4 Å². The smallest absolute Gasteiger partial charge is 0.227 e. The highest BCUT2D eigenvalue weighted by molar-refractivity contribution is 5.84. The molecule has 0 bridgehead atoms. The van der Waals surface area contributed by atoms with E-state index in [1.165, 1.54) is 12.8 Å². The van der Waals surface area contributed by atoms with Crippen LogP contribution in [0.4, 0.5) is 0 Å². The normalized spacial score (nSPS) is 27.3. The predicted octanol–water partition coefficient (Wildman–Crippen LogP) is 0.113. The maximum Gasteiger partial charge on any atom is 0.227 e. The molecule has 2 fully saturated rings. The molecule has 0 radical (unpaired) electrons. The third kappa shape index (κ3) is 3.02. The lowest BCUT2D eigenvalue weighted by Gasteiger charge is -2.22. The van der Waals surface area contributed by atoms with E-state index in [0.29, 0.717) is 25.6 Å². The van der Waals surface area contributed by atoms with Gasteiger partial charge in [0, 0.05) is 39.1 Å². The number of nitrogens with zero attached hydrogens (tertiary/aromatic N) is 1. The van der Waals surface area contributed by atoms with Gasteiger partial charge in [0.05, 0.1) is 5.41 Å². The van der Waals surface area contributed by atoms with E-state index in [0.717, 1.165) is 13.0 Å². The summed E-state index contributed by atoms with van der Waals surface area (Å²) in [5.41, 5.74) is -0.408. The molecule has 1 heterocycles. The lowest BCUT2D eigenvalue weighted by molar-refractivity contribution is -0.132. The number of amides is 2. The molecule has 102 valence electrons.